The number of aromatic hydroxyl groups is 1. The Morgan fingerprint density at radius 2 is 0.967 bits per heavy atom. The lowest BCUT2D eigenvalue weighted by molar-refractivity contribution is -0.157. The van der Waals surface area contributed by atoms with Gasteiger partial charge in [-0.2, -0.15) is 0 Å². The minimum atomic E-state index is -1.62. The summed E-state index contributed by atoms with van der Waals surface area (Å²) in [6.07, 6.45) is 1.88. The van der Waals surface area contributed by atoms with E-state index >= 15 is 14.4 Å². The highest BCUT2D eigenvalue weighted by Crippen LogP contribution is 2.26. The van der Waals surface area contributed by atoms with E-state index in [0.29, 0.717) is 18.4 Å². The Balaban J connectivity index is 3.64. The van der Waals surface area contributed by atoms with E-state index in [-0.39, 0.29) is 73.4 Å². The molecule has 24 nitrogen and oxygen atoms in total. The number of nitrogens with two attached hydrogens (primary N) is 1. The van der Waals surface area contributed by atoms with Crippen molar-refractivity contribution < 1.29 is 63.3 Å². The maximum Gasteiger partial charge on any atom is 0.246 e. The molecule has 0 spiro atoms. The third-order valence-corrected chi connectivity index (χ3v) is 17.3. The Labute approximate surface area is 543 Å². The highest BCUT2D eigenvalue weighted by Gasteiger charge is 2.45. The first kappa shape index (κ1) is 82.4. The topological polar surface area (TPSA) is 316 Å². The molecule has 24 heteroatoms. The number of carbonyl (C=O) groups is 10. The first-order valence-corrected chi connectivity index (χ1v) is 32.4. The first-order chi connectivity index (χ1) is 42.1. The van der Waals surface area contributed by atoms with Crippen molar-refractivity contribution in [1.29, 1.82) is 0 Å². The zero-order valence-electron chi connectivity index (χ0n) is 59.1. The van der Waals surface area contributed by atoms with Gasteiger partial charge < -0.3 is 71.3 Å². The number of nitrogens with one attached hydrogen (secondary N) is 3. The number of benzene rings is 1. The summed E-state index contributed by atoms with van der Waals surface area (Å²) in [5.74, 6) is -7.80. The Morgan fingerprint density at radius 3 is 1.42 bits per heavy atom. The average Bonchev–Trinajstić information content (AvgIpc) is 0.905. The van der Waals surface area contributed by atoms with Crippen molar-refractivity contribution in [3.8, 4) is 5.75 Å². The van der Waals surface area contributed by atoms with Crippen LogP contribution in [0.1, 0.15) is 155 Å². The molecule has 1 aromatic rings. The van der Waals surface area contributed by atoms with Gasteiger partial charge in [-0.05, 0) is 112 Å². The second-order valence-corrected chi connectivity index (χ2v) is 26.9. The third-order valence-electron chi connectivity index (χ3n) is 17.3. The van der Waals surface area contributed by atoms with E-state index in [2.05, 4.69) is 16.0 Å². The molecule has 8 N–H and O–H groups in total. The van der Waals surface area contributed by atoms with Gasteiger partial charge in [-0.3, -0.25) is 47.9 Å². The SMILES string of the molecule is C/C=C\C[C@@H](C)[C@H](O)C(C(=O)N[C@@H](CC)C(=O)N(C)CC(=O)N(C)[C@H](Cc1ccc(O)cc1)C(N)O)N(C)C(=O)[C@H](C(C)C)N(C)C(=O)[C@@H](CC(C)C)N(C)C(=O)[C@@H](CC(C)C)N(C)C(=O)[C@H](C)NC(=O)[C@@H](CC)NC(=O)[C@H](CC(C)C)N(C)C(=O)[C@H](C)C(C)C. The van der Waals surface area contributed by atoms with Gasteiger partial charge in [0.15, 0.2) is 0 Å². The molecular formula is C67H117N11O13. The monoisotopic (exact) mass is 1280 g/mol. The highest BCUT2D eigenvalue weighted by atomic mass is 16.3. The van der Waals surface area contributed by atoms with E-state index in [1.165, 1.54) is 85.8 Å². The summed E-state index contributed by atoms with van der Waals surface area (Å²) in [4.78, 5) is 152. The van der Waals surface area contributed by atoms with Gasteiger partial charge in [0.25, 0.3) is 0 Å². The molecule has 518 valence electrons. The normalized spacial score (nSPS) is 16.1. The minimum absolute atomic E-state index is 0.0335. The van der Waals surface area contributed by atoms with E-state index in [1.807, 2.05) is 62.3 Å². The molecule has 91 heavy (non-hydrogen) atoms. The number of likely N-dealkylation sites (N-methyl/N-ethyl adjacent to an activating group) is 7. The van der Waals surface area contributed by atoms with Crippen molar-refractivity contribution in [2.24, 2.45) is 47.2 Å². The first-order valence-electron chi connectivity index (χ1n) is 32.4. The van der Waals surface area contributed by atoms with Crippen LogP contribution in [0.15, 0.2) is 36.4 Å². The molecule has 0 radical (unpaired) electrons. The molecule has 13 atom stereocenters. The fraction of sp³-hybridized carbons (Fsp3) is 0.731. The number of nitrogens with zero attached hydrogens (tertiary/aromatic N) is 7. The summed E-state index contributed by atoms with van der Waals surface area (Å²) >= 11 is 0. The van der Waals surface area contributed by atoms with Gasteiger partial charge >= 0.3 is 0 Å². The summed E-state index contributed by atoms with van der Waals surface area (Å²) in [6, 6.07) is -4.29. The van der Waals surface area contributed by atoms with E-state index in [9.17, 15) is 48.9 Å². The fourth-order valence-electron chi connectivity index (χ4n) is 11.0. The lowest BCUT2D eigenvalue weighted by Gasteiger charge is -2.41. The number of allylic oxidation sites excluding steroid dienone is 2. The minimum Gasteiger partial charge on any atom is -0.508 e. The van der Waals surface area contributed by atoms with Crippen molar-refractivity contribution in [2.45, 2.75) is 222 Å². The zero-order valence-corrected chi connectivity index (χ0v) is 59.1. The van der Waals surface area contributed by atoms with E-state index in [1.54, 1.807) is 72.9 Å². The summed E-state index contributed by atoms with van der Waals surface area (Å²) in [5.41, 5.74) is 6.58. The molecule has 0 bridgehead atoms. The fourth-order valence-corrected chi connectivity index (χ4v) is 11.0. The van der Waals surface area contributed by atoms with Crippen LogP contribution < -0.4 is 21.7 Å². The van der Waals surface area contributed by atoms with Crippen LogP contribution in [0, 0.1) is 41.4 Å². The van der Waals surface area contributed by atoms with Gasteiger partial charge in [-0.1, -0.05) is 121 Å². The molecule has 0 aliphatic rings. The molecule has 10 amide bonds. The lowest BCUT2D eigenvalue weighted by Crippen LogP contribution is -2.63. The summed E-state index contributed by atoms with van der Waals surface area (Å²) in [5, 5.41) is 40.6. The van der Waals surface area contributed by atoms with Crippen molar-refractivity contribution in [3.05, 3.63) is 42.0 Å². The highest BCUT2D eigenvalue weighted by molar-refractivity contribution is 5.98. The number of amides is 10. The van der Waals surface area contributed by atoms with Crippen LogP contribution >= 0.6 is 0 Å². The molecule has 0 heterocycles. The zero-order chi connectivity index (χ0) is 70.4. The molecule has 2 unspecified atom stereocenters. The van der Waals surface area contributed by atoms with E-state index in [4.69, 9.17) is 5.73 Å². The van der Waals surface area contributed by atoms with Crippen LogP contribution in [0.5, 0.6) is 5.75 Å². The Hall–Kier alpha value is -6.66. The maximum absolute atomic E-state index is 15.2. The number of aliphatic hydroxyl groups is 2. The van der Waals surface area contributed by atoms with E-state index < -0.39 is 138 Å². The van der Waals surface area contributed by atoms with E-state index in [0.717, 1.165) is 9.80 Å². The molecule has 0 aromatic heterocycles. The maximum atomic E-state index is 15.2. The van der Waals surface area contributed by atoms with Crippen molar-refractivity contribution in [1.82, 2.24) is 50.2 Å². The van der Waals surface area contributed by atoms with Gasteiger partial charge in [0.2, 0.25) is 59.1 Å². The van der Waals surface area contributed by atoms with Gasteiger partial charge in [-0.15, -0.1) is 0 Å². The molecule has 1 rings (SSSR count). The molecule has 0 saturated carbocycles. The van der Waals surface area contributed by atoms with Crippen LogP contribution in [-0.4, -0.2) is 231 Å². The van der Waals surface area contributed by atoms with Crippen LogP contribution in [0.25, 0.3) is 0 Å². The van der Waals surface area contributed by atoms with Crippen LogP contribution in [0.3, 0.4) is 0 Å². The predicted molar refractivity (Wildman–Crippen MR) is 353 cm³/mol. The number of aliphatic hydroxyl groups excluding tert-OH is 2. The van der Waals surface area contributed by atoms with Gasteiger partial charge in [-0.25, -0.2) is 0 Å². The average molecular weight is 1280 g/mol. The number of phenolic OH excluding ortho intramolecular Hbond substituents is 1. The van der Waals surface area contributed by atoms with Crippen LogP contribution in [-0.2, 0) is 54.4 Å². The summed E-state index contributed by atoms with van der Waals surface area (Å²) in [7, 11) is 10.1. The van der Waals surface area contributed by atoms with Gasteiger partial charge in [0.05, 0.1) is 18.7 Å². The molecule has 0 fully saturated rings. The second-order valence-electron chi connectivity index (χ2n) is 26.9. The summed E-state index contributed by atoms with van der Waals surface area (Å²) < 4.78 is 0. The number of hydrogen-bond acceptors (Lipinski definition) is 14. The van der Waals surface area contributed by atoms with Crippen LogP contribution in [0.2, 0.25) is 0 Å². The predicted octanol–water partition coefficient (Wildman–Crippen LogP) is 3.98. The lowest BCUT2D eigenvalue weighted by atomic mass is 9.91. The molecule has 0 aliphatic heterocycles. The molecule has 1 aromatic carbocycles. The Bertz CT molecular complexity index is 2580. The van der Waals surface area contributed by atoms with Crippen molar-refractivity contribution in [3.63, 3.8) is 0 Å². The molecular weight excluding hydrogens is 1170 g/mol. The molecule has 0 aliphatic carbocycles. The number of rotatable bonds is 37. The van der Waals surface area contributed by atoms with Crippen molar-refractivity contribution >= 4 is 59.1 Å². The standard InChI is InChI=1S/C67H117N11O13/c1-24-27-28-43(14)57(81)56(61(85)71-49(26-3)64(88)72(17)37-54(80)73(18)50(58(68)82)36-46-29-31-47(79)32-30-46)78(23)67(91)55(42(12)13)77(22)66(90)53(35-40(8)9)76(21)65(89)52(34-39(6)7)75(20)63(87)45(16)69-59(83)48(25-2)70-60(84)51(33-38(4)5)74(19)62(86)44(15)41(10)11/h24,27,29-32,38-45,48-53,55-58,79,81-82H,25-26,28,33-37,68H2,1-23H3,(H,69,83)(H,70,84)(H,71,85)/b27-24-/t43-,44-,45+,48-,49+,50-,51+,52-,53-,55+,56?,57+,58?/m1/s1. The number of phenols is 1. The van der Waals surface area contributed by atoms with Crippen LogP contribution in [0.4, 0.5) is 0 Å². The number of hydrogen-bond donors (Lipinski definition) is 7. The van der Waals surface area contributed by atoms with Gasteiger partial charge in [0, 0.05) is 55.3 Å². The third kappa shape index (κ3) is 24.1. The molecule has 0 saturated heterocycles. The quantitative estimate of drug-likeness (QED) is 0.0366. The van der Waals surface area contributed by atoms with Gasteiger partial charge in [0.1, 0.15) is 60.3 Å². The number of carbonyl (C=O) groups excluding carboxylic acids is 10. The Kier molecular flexibility index (Phi) is 34.7. The Morgan fingerprint density at radius 1 is 0.516 bits per heavy atom. The largest absolute Gasteiger partial charge is 0.508 e. The second kappa shape index (κ2) is 38.4. The smallest absolute Gasteiger partial charge is 0.246 e. The van der Waals surface area contributed by atoms with Crippen molar-refractivity contribution in [2.75, 3.05) is 55.9 Å². The summed E-state index contributed by atoms with van der Waals surface area (Å²) in [6.45, 7) is 28.3.